The molecule has 2 aliphatic rings. The van der Waals surface area contributed by atoms with Crippen LogP contribution in [-0.2, 0) is 4.79 Å². The molecule has 0 amide bonds. The Hall–Kier alpha value is -3.35. The Morgan fingerprint density at radius 2 is 1.54 bits per heavy atom. The number of piperazine rings is 1. The molecule has 0 radical (unpaired) electrons. The number of carboxylic acid groups (broad SMARTS) is 1. The van der Waals surface area contributed by atoms with Gasteiger partial charge in [0.1, 0.15) is 6.04 Å². The van der Waals surface area contributed by atoms with Crippen LogP contribution in [0.4, 0.5) is 11.4 Å². The summed E-state index contributed by atoms with van der Waals surface area (Å²) in [7, 11) is 7.39. The molecule has 0 saturated carbocycles. The summed E-state index contributed by atoms with van der Waals surface area (Å²) >= 11 is 0. The van der Waals surface area contributed by atoms with Gasteiger partial charge in [-0.25, -0.2) is 0 Å². The van der Waals surface area contributed by atoms with Crippen molar-refractivity contribution in [3.63, 3.8) is 0 Å². The van der Waals surface area contributed by atoms with Crippen LogP contribution in [0, 0.1) is 0 Å². The zero-order valence-corrected chi connectivity index (χ0v) is 23.6. The summed E-state index contributed by atoms with van der Waals surface area (Å²) in [4.78, 5) is 17.8. The number of anilines is 2. The fourth-order valence-corrected chi connectivity index (χ4v) is 4.88. The second-order valence-corrected chi connectivity index (χ2v) is 10.7. The highest BCUT2D eigenvalue weighted by atomic mass is 16.4. The third-order valence-electron chi connectivity index (χ3n) is 7.21. The number of benzene rings is 2. The molecule has 208 valence electrons. The number of hydrogen-bond acceptors (Lipinski definition) is 4. The van der Waals surface area contributed by atoms with Crippen molar-refractivity contribution in [2.45, 2.75) is 31.7 Å². The van der Waals surface area contributed by atoms with Gasteiger partial charge in [-0.2, -0.15) is 0 Å². The molecule has 39 heavy (non-hydrogen) atoms. The molecule has 1 aliphatic carbocycles. The van der Waals surface area contributed by atoms with E-state index in [1.807, 2.05) is 14.1 Å². The SMILES string of the molecule is [2H]C1=CC(=C(c2cc([2H])c(N(C)C)c([2H])c2)c2cc([2H])c(N3CCN(CCCCCC(=O)O)CC3)c([2H])c2)C=C([2H])C1[NH+](C)C. The van der Waals surface area contributed by atoms with Crippen LogP contribution in [0.15, 0.2) is 78.3 Å². The number of likely N-dealkylation sites (N-methyl/N-ethyl adjacent to an activating group) is 1. The average molecular weight is 536 g/mol. The minimum Gasteiger partial charge on any atom is -0.481 e. The van der Waals surface area contributed by atoms with E-state index in [9.17, 15) is 4.79 Å². The van der Waals surface area contributed by atoms with Gasteiger partial charge in [-0.05, 0) is 77.9 Å². The van der Waals surface area contributed by atoms with E-state index in [4.69, 9.17) is 13.3 Å². The predicted octanol–water partition coefficient (Wildman–Crippen LogP) is 3.96. The van der Waals surface area contributed by atoms with Gasteiger partial charge in [0.05, 0.1) is 22.3 Å². The Morgan fingerprint density at radius 1 is 0.949 bits per heavy atom. The van der Waals surface area contributed by atoms with Crippen LogP contribution in [0.3, 0.4) is 0 Å². The van der Waals surface area contributed by atoms with Gasteiger partial charge in [-0.1, -0.05) is 42.8 Å². The molecule has 6 nitrogen and oxygen atoms in total. The number of aliphatic carboxylic acids is 1. The van der Waals surface area contributed by atoms with Crippen molar-refractivity contribution in [2.24, 2.45) is 0 Å². The van der Waals surface area contributed by atoms with E-state index in [2.05, 4.69) is 9.80 Å². The molecule has 1 saturated heterocycles. The first-order valence-corrected chi connectivity index (χ1v) is 13.8. The molecule has 2 aromatic carbocycles. The summed E-state index contributed by atoms with van der Waals surface area (Å²) in [5, 5.41) is 8.83. The highest BCUT2D eigenvalue weighted by Gasteiger charge is 2.19. The van der Waals surface area contributed by atoms with Gasteiger partial charge in [0.15, 0.2) is 0 Å². The Balaban J connectivity index is 1.68. The lowest BCUT2D eigenvalue weighted by atomic mass is 9.90. The standard InChI is InChI=1S/C33H44N4O2/c1-34(2)29-15-9-26(10-16-29)33(27-11-17-30(18-12-27)35(3)4)28-13-19-31(20-14-28)37-24-22-36(23-25-37)21-7-5-6-8-32(38)39/h9-20,29H,5-8,21-25H2,1-4H3,(H,38,39)/p+1/i15D,16D,17D,18D,19D,20D. The van der Waals surface area contributed by atoms with E-state index in [1.54, 1.807) is 55.4 Å². The van der Waals surface area contributed by atoms with E-state index >= 15 is 0 Å². The third-order valence-corrected chi connectivity index (χ3v) is 7.21. The van der Waals surface area contributed by atoms with Crippen molar-refractivity contribution in [2.75, 3.05) is 70.7 Å². The lowest BCUT2D eigenvalue weighted by molar-refractivity contribution is -0.871. The van der Waals surface area contributed by atoms with Crippen molar-refractivity contribution < 1.29 is 23.0 Å². The van der Waals surface area contributed by atoms with Crippen LogP contribution in [0.2, 0.25) is 0 Å². The summed E-state index contributed by atoms with van der Waals surface area (Å²) in [6.45, 7) is 3.87. The fourth-order valence-electron chi connectivity index (χ4n) is 4.88. The monoisotopic (exact) mass is 535 g/mol. The maximum Gasteiger partial charge on any atom is 0.303 e. The summed E-state index contributed by atoms with van der Waals surface area (Å²) in [6.07, 6.45) is 6.16. The Kier molecular flexibility index (Phi) is 7.50. The molecule has 0 aromatic heterocycles. The molecular formula is C33H45N4O2+. The average Bonchev–Trinajstić information content (AvgIpc) is 2.92. The zero-order valence-electron chi connectivity index (χ0n) is 29.6. The number of carbonyl (C=O) groups is 1. The number of nitrogens with zero attached hydrogens (tertiary/aromatic N) is 3. The summed E-state index contributed by atoms with van der Waals surface area (Å²) in [5.74, 6) is -0.757. The topological polar surface area (TPSA) is 51.5 Å². The lowest BCUT2D eigenvalue weighted by Crippen LogP contribution is -3.09. The van der Waals surface area contributed by atoms with Gasteiger partial charge < -0.3 is 19.8 Å². The number of unbranched alkanes of at least 4 members (excludes halogenated alkanes) is 2. The molecule has 6 heteroatoms. The van der Waals surface area contributed by atoms with Gasteiger partial charge in [0.2, 0.25) is 0 Å². The van der Waals surface area contributed by atoms with E-state index in [1.165, 1.54) is 0 Å². The molecule has 0 spiro atoms. The van der Waals surface area contributed by atoms with Crippen molar-refractivity contribution in [1.82, 2.24) is 4.90 Å². The van der Waals surface area contributed by atoms with Crippen molar-refractivity contribution >= 4 is 22.9 Å². The molecular weight excluding hydrogens is 484 g/mol. The zero-order chi connectivity index (χ0) is 33.0. The quantitative estimate of drug-likeness (QED) is 0.427. The molecule has 1 aliphatic heterocycles. The van der Waals surface area contributed by atoms with E-state index in [-0.39, 0.29) is 42.7 Å². The molecule has 2 aromatic rings. The third kappa shape index (κ3) is 7.84. The number of hydrogen-bond donors (Lipinski definition) is 2. The summed E-state index contributed by atoms with van der Waals surface area (Å²) in [6, 6.07) is 7.70. The normalized spacial score (nSPS) is 20.3. The minimum absolute atomic E-state index is 0.172. The summed E-state index contributed by atoms with van der Waals surface area (Å²) < 4.78 is 52.8. The largest absolute Gasteiger partial charge is 0.481 e. The van der Waals surface area contributed by atoms with Crippen LogP contribution in [0.25, 0.3) is 5.57 Å². The van der Waals surface area contributed by atoms with Crippen molar-refractivity contribution in [3.05, 3.63) is 89.4 Å². The highest BCUT2D eigenvalue weighted by molar-refractivity contribution is 5.86. The molecule has 2 N–H and O–H groups in total. The van der Waals surface area contributed by atoms with Crippen LogP contribution in [0.1, 0.15) is 45.0 Å². The maximum atomic E-state index is 10.7. The van der Waals surface area contributed by atoms with Crippen molar-refractivity contribution in [3.8, 4) is 0 Å². The number of nitrogens with one attached hydrogen (secondary N) is 1. The number of carboxylic acids is 1. The van der Waals surface area contributed by atoms with Gasteiger partial charge in [0.25, 0.3) is 0 Å². The van der Waals surface area contributed by atoms with Gasteiger partial charge in [-0.15, -0.1) is 0 Å². The first kappa shape index (κ1) is 21.5. The molecule has 1 heterocycles. The van der Waals surface area contributed by atoms with Crippen LogP contribution in [0.5, 0.6) is 0 Å². The summed E-state index contributed by atoms with van der Waals surface area (Å²) in [5.41, 5.74) is 3.35. The molecule has 4 rings (SSSR count). The molecule has 0 unspecified atom stereocenters. The minimum atomic E-state index is -0.757. The van der Waals surface area contributed by atoms with Crippen LogP contribution in [-0.4, -0.2) is 82.9 Å². The maximum absolute atomic E-state index is 10.7. The Morgan fingerprint density at radius 3 is 2.08 bits per heavy atom. The first-order chi connectivity index (χ1) is 21.3. The van der Waals surface area contributed by atoms with Crippen molar-refractivity contribution in [1.29, 1.82) is 0 Å². The predicted molar refractivity (Wildman–Crippen MR) is 163 cm³/mol. The second-order valence-electron chi connectivity index (χ2n) is 10.7. The molecule has 1 fully saturated rings. The number of rotatable bonds is 11. The van der Waals surface area contributed by atoms with E-state index in [0.29, 0.717) is 53.2 Å². The first-order valence-electron chi connectivity index (χ1n) is 16.8. The highest BCUT2D eigenvalue weighted by Crippen LogP contribution is 2.32. The van der Waals surface area contributed by atoms with E-state index < -0.39 is 12.0 Å². The van der Waals surface area contributed by atoms with E-state index in [0.717, 1.165) is 37.4 Å². The lowest BCUT2D eigenvalue weighted by Gasteiger charge is -2.36. The molecule has 0 bridgehead atoms. The van der Waals surface area contributed by atoms with Crippen LogP contribution >= 0.6 is 0 Å². The van der Waals surface area contributed by atoms with Gasteiger partial charge in [0, 0.05) is 58.1 Å². The number of quaternary nitrogens is 1. The Labute approximate surface area is 242 Å². The van der Waals surface area contributed by atoms with Gasteiger partial charge in [-0.3, -0.25) is 9.69 Å². The molecule has 0 atom stereocenters. The van der Waals surface area contributed by atoms with Crippen LogP contribution < -0.4 is 14.7 Å². The second kappa shape index (κ2) is 13.6. The Bertz CT molecular complexity index is 1440. The smallest absolute Gasteiger partial charge is 0.303 e. The number of allylic oxidation sites excluding steroid dienone is 3. The van der Waals surface area contributed by atoms with Gasteiger partial charge >= 0.3 is 5.97 Å². The fraction of sp³-hybridized carbons (Fsp3) is 0.424.